The number of hydrogen-bond donors (Lipinski definition) is 2. The van der Waals surface area contributed by atoms with Crippen molar-refractivity contribution in [1.29, 1.82) is 0 Å². The lowest BCUT2D eigenvalue weighted by Gasteiger charge is -2.31. The number of carbonyl (C=O) groups is 3. The summed E-state index contributed by atoms with van der Waals surface area (Å²) in [6, 6.07) is 10.3. The number of rotatable bonds is 4. The minimum absolute atomic E-state index is 0.196. The number of anilines is 1. The van der Waals surface area contributed by atoms with Gasteiger partial charge in [0.2, 0.25) is 0 Å². The third-order valence-corrected chi connectivity index (χ3v) is 5.08. The summed E-state index contributed by atoms with van der Waals surface area (Å²) < 4.78 is 0. The molecule has 0 radical (unpaired) electrons. The lowest BCUT2D eigenvalue weighted by Crippen LogP contribution is -2.42. The molecule has 1 saturated heterocycles. The molecule has 2 amide bonds. The second-order valence-electron chi connectivity index (χ2n) is 5.91. The Bertz CT molecular complexity index is 788. The molecule has 2 heterocycles. The zero-order valence-electron chi connectivity index (χ0n) is 13.5. The maximum Gasteiger partial charge on any atom is 0.308 e. The van der Waals surface area contributed by atoms with Crippen molar-refractivity contribution < 1.29 is 19.5 Å². The zero-order valence-corrected chi connectivity index (χ0v) is 14.3. The fourth-order valence-corrected chi connectivity index (χ4v) is 3.52. The van der Waals surface area contributed by atoms with Crippen LogP contribution in [-0.2, 0) is 4.79 Å². The number of carbonyl (C=O) groups excluding carboxylic acids is 2. The van der Waals surface area contributed by atoms with Crippen molar-refractivity contribution >= 4 is 34.8 Å². The Labute approximate surface area is 149 Å². The van der Waals surface area contributed by atoms with Gasteiger partial charge in [-0.2, -0.15) is 0 Å². The van der Waals surface area contributed by atoms with Crippen molar-refractivity contribution in [1.82, 2.24) is 4.90 Å². The average molecular weight is 358 g/mol. The van der Waals surface area contributed by atoms with Crippen molar-refractivity contribution in [3.8, 4) is 0 Å². The van der Waals surface area contributed by atoms with Crippen molar-refractivity contribution in [2.45, 2.75) is 12.8 Å². The van der Waals surface area contributed by atoms with Crippen molar-refractivity contribution in [3.05, 3.63) is 52.2 Å². The molecule has 1 aliphatic heterocycles. The molecule has 1 fully saturated rings. The molecule has 3 rings (SSSR count). The number of carboxylic acid groups (broad SMARTS) is 1. The first-order chi connectivity index (χ1) is 12.1. The number of hydrogen-bond acceptors (Lipinski definition) is 4. The van der Waals surface area contributed by atoms with E-state index in [0.717, 1.165) is 0 Å². The summed E-state index contributed by atoms with van der Waals surface area (Å²) >= 11 is 1.32. The van der Waals surface area contributed by atoms with Gasteiger partial charge in [0, 0.05) is 13.1 Å². The van der Waals surface area contributed by atoms with Gasteiger partial charge in [-0.25, -0.2) is 0 Å². The fraction of sp³-hybridized carbons (Fsp3) is 0.278. The highest BCUT2D eigenvalue weighted by Crippen LogP contribution is 2.23. The molecule has 1 aliphatic rings. The van der Waals surface area contributed by atoms with Crippen molar-refractivity contribution in [3.63, 3.8) is 0 Å². The maximum atomic E-state index is 12.8. The third-order valence-electron chi connectivity index (χ3n) is 4.21. The molecule has 1 unspecified atom stereocenters. The Morgan fingerprint density at radius 1 is 1.16 bits per heavy atom. The van der Waals surface area contributed by atoms with E-state index in [2.05, 4.69) is 5.32 Å². The van der Waals surface area contributed by atoms with Crippen LogP contribution in [0, 0.1) is 5.92 Å². The van der Waals surface area contributed by atoms with Crippen molar-refractivity contribution in [2.24, 2.45) is 5.92 Å². The van der Waals surface area contributed by atoms with E-state index in [1.807, 2.05) is 5.38 Å². The molecule has 0 spiro atoms. The monoisotopic (exact) mass is 358 g/mol. The number of benzene rings is 1. The number of likely N-dealkylation sites (tertiary alicyclic amines) is 1. The van der Waals surface area contributed by atoms with Gasteiger partial charge in [-0.05, 0) is 36.4 Å². The lowest BCUT2D eigenvalue weighted by atomic mass is 9.97. The Kier molecular flexibility index (Phi) is 5.14. The fourth-order valence-electron chi connectivity index (χ4n) is 2.90. The number of aliphatic carboxylic acids is 1. The highest BCUT2D eigenvalue weighted by atomic mass is 32.1. The molecule has 2 N–H and O–H groups in total. The van der Waals surface area contributed by atoms with E-state index in [0.29, 0.717) is 35.5 Å². The summed E-state index contributed by atoms with van der Waals surface area (Å²) in [4.78, 5) is 38.4. The standard InChI is InChI=1S/C18H18N2O4S/c21-16(15-8-4-10-25-15)19-14-7-2-1-6-13(14)17(22)20-9-3-5-12(11-20)18(23)24/h1-2,4,6-8,10,12H,3,5,9,11H2,(H,19,21)(H,23,24). The van der Waals surface area contributed by atoms with Gasteiger partial charge in [0.15, 0.2) is 0 Å². The number of para-hydroxylation sites is 1. The van der Waals surface area contributed by atoms with E-state index in [9.17, 15) is 19.5 Å². The molecule has 1 aromatic heterocycles. The smallest absolute Gasteiger partial charge is 0.308 e. The molecule has 6 nitrogen and oxygen atoms in total. The Morgan fingerprint density at radius 2 is 1.96 bits per heavy atom. The minimum Gasteiger partial charge on any atom is -0.481 e. The molecule has 2 aromatic rings. The SMILES string of the molecule is O=C(Nc1ccccc1C(=O)N1CCCC(C(=O)O)C1)c1cccs1. The van der Waals surface area contributed by atoms with Gasteiger partial charge in [-0.15, -0.1) is 11.3 Å². The minimum atomic E-state index is -0.878. The third kappa shape index (κ3) is 3.88. The summed E-state index contributed by atoms with van der Waals surface area (Å²) in [7, 11) is 0. The first-order valence-corrected chi connectivity index (χ1v) is 8.90. The molecule has 25 heavy (non-hydrogen) atoms. The summed E-state index contributed by atoms with van der Waals surface area (Å²) in [5, 5.41) is 13.8. The normalized spacial score (nSPS) is 17.1. The topological polar surface area (TPSA) is 86.7 Å². The molecular formula is C18H18N2O4S. The number of thiophene rings is 1. The molecule has 0 aliphatic carbocycles. The van der Waals surface area contributed by atoms with Crippen LogP contribution in [0.25, 0.3) is 0 Å². The molecule has 0 bridgehead atoms. The van der Waals surface area contributed by atoms with E-state index >= 15 is 0 Å². The number of nitrogens with one attached hydrogen (secondary N) is 1. The largest absolute Gasteiger partial charge is 0.481 e. The first kappa shape index (κ1) is 17.2. The highest BCUT2D eigenvalue weighted by molar-refractivity contribution is 7.12. The van der Waals surface area contributed by atoms with E-state index in [1.165, 1.54) is 11.3 Å². The van der Waals surface area contributed by atoms with Gasteiger partial charge >= 0.3 is 5.97 Å². The van der Waals surface area contributed by atoms with Gasteiger partial charge in [-0.1, -0.05) is 18.2 Å². The van der Waals surface area contributed by atoms with Crippen LogP contribution in [0.2, 0.25) is 0 Å². The number of nitrogens with zero attached hydrogens (tertiary/aromatic N) is 1. The van der Waals surface area contributed by atoms with E-state index in [1.54, 1.807) is 41.3 Å². The quantitative estimate of drug-likeness (QED) is 0.880. The Hall–Kier alpha value is -2.67. The second-order valence-corrected chi connectivity index (χ2v) is 6.85. The molecular weight excluding hydrogens is 340 g/mol. The summed E-state index contributed by atoms with van der Waals surface area (Å²) in [6.45, 7) is 0.719. The van der Waals surface area contributed by atoms with Crippen LogP contribution in [0.15, 0.2) is 41.8 Å². The molecule has 130 valence electrons. The Morgan fingerprint density at radius 3 is 2.68 bits per heavy atom. The van der Waals surface area contributed by atoms with Gasteiger partial charge < -0.3 is 15.3 Å². The summed E-state index contributed by atoms with van der Waals surface area (Å²) in [5.74, 6) is -1.94. The van der Waals surface area contributed by atoms with Crippen LogP contribution in [0.3, 0.4) is 0 Å². The van der Waals surface area contributed by atoms with Crippen LogP contribution >= 0.6 is 11.3 Å². The molecule has 1 atom stereocenters. The number of amides is 2. The van der Waals surface area contributed by atoms with Crippen molar-refractivity contribution in [2.75, 3.05) is 18.4 Å². The number of piperidine rings is 1. The van der Waals surface area contributed by atoms with Crippen LogP contribution < -0.4 is 5.32 Å². The first-order valence-electron chi connectivity index (χ1n) is 8.02. The van der Waals surface area contributed by atoms with Crippen LogP contribution in [0.5, 0.6) is 0 Å². The van der Waals surface area contributed by atoms with E-state index in [4.69, 9.17) is 0 Å². The van der Waals surface area contributed by atoms with Gasteiger partial charge in [0.1, 0.15) is 0 Å². The van der Waals surface area contributed by atoms with Gasteiger partial charge in [0.25, 0.3) is 11.8 Å². The summed E-state index contributed by atoms with van der Waals surface area (Å²) in [5.41, 5.74) is 0.807. The van der Waals surface area contributed by atoms with Crippen LogP contribution in [0.1, 0.15) is 32.9 Å². The zero-order chi connectivity index (χ0) is 17.8. The maximum absolute atomic E-state index is 12.8. The average Bonchev–Trinajstić information content (AvgIpc) is 3.16. The van der Waals surface area contributed by atoms with E-state index < -0.39 is 11.9 Å². The molecule has 7 heteroatoms. The molecule has 0 saturated carbocycles. The van der Waals surface area contributed by atoms with Crippen LogP contribution in [0.4, 0.5) is 5.69 Å². The number of carboxylic acids is 1. The van der Waals surface area contributed by atoms with E-state index in [-0.39, 0.29) is 18.4 Å². The van der Waals surface area contributed by atoms with Crippen LogP contribution in [-0.4, -0.2) is 40.9 Å². The second kappa shape index (κ2) is 7.48. The molecule has 1 aromatic carbocycles. The van der Waals surface area contributed by atoms with Gasteiger partial charge in [0.05, 0.1) is 22.0 Å². The lowest BCUT2D eigenvalue weighted by molar-refractivity contribution is -0.143. The highest BCUT2D eigenvalue weighted by Gasteiger charge is 2.29. The Balaban J connectivity index is 1.79. The summed E-state index contributed by atoms with van der Waals surface area (Å²) in [6.07, 6.45) is 1.24. The predicted molar refractivity (Wildman–Crippen MR) is 95.0 cm³/mol. The van der Waals surface area contributed by atoms with Gasteiger partial charge in [-0.3, -0.25) is 14.4 Å². The predicted octanol–water partition coefficient (Wildman–Crippen LogP) is 2.94.